The number of alkyl carbamates (subject to hydrolysis) is 1. The number of carbonyl (C=O) groups excluding carboxylic acids is 2. The summed E-state index contributed by atoms with van der Waals surface area (Å²) in [4.78, 5) is 37.9. The number of likely N-dealkylation sites (tertiary alicyclic amines) is 1. The number of benzene rings is 2. The maximum atomic E-state index is 12.5. The van der Waals surface area contributed by atoms with Crippen molar-refractivity contribution in [1.82, 2.24) is 10.2 Å². The van der Waals surface area contributed by atoms with Crippen LogP contribution in [0.15, 0.2) is 48.5 Å². The van der Waals surface area contributed by atoms with Crippen LogP contribution in [0, 0.1) is 5.41 Å². The van der Waals surface area contributed by atoms with Gasteiger partial charge in [-0.15, -0.1) is 0 Å². The number of rotatable bonds is 6. The third-order valence-corrected chi connectivity index (χ3v) is 6.53. The molecule has 4 rings (SSSR count). The van der Waals surface area contributed by atoms with Crippen molar-refractivity contribution in [2.24, 2.45) is 5.41 Å². The number of nitrogens with one attached hydrogen (secondary N) is 1. The summed E-state index contributed by atoms with van der Waals surface area (Å²) in [7, 11) is 0. The van der Waals surface area contributed by atoms with Crippen LogP contribution in [-0.2, 0) is 14.3 Å². The maximum absolute atomic E-state index is 12.5. The zero-order valence-corrected chi connectivity index (χ0v) is 18.3. The second kappa shape index (κ2) is 8.65. The van der Waals surface area contributed by atoms with Gasteiger partial charge >= 0.3 is 12.1 Å². The van der Waals surface area contributed by atoms with Gasteiger partial charge in [0.1, 0.15) is 6.61 Å². The Morgan fingerprint density at radius 3 is 2.28 bits per heavy atom. The van der Waals surface area contributed by atoms with E-state index in [0.717, 1.165) is 22.3 Å². The minimum absolute atomic E-state index is 0.0246. The molecule has 1 aliphatic heterocycles. The molecule has 2 aromatic carbocycles. The van der Waals surface area contributed by atoms with Crippen molar-refractivity contribution < 1.29 is 24.2 Å². The zero-order chi connectivity index (χ0) is 22.9. The summed E-state index contributed by atoms with van der Waals surface area (Å²) in [5.41, 5.74) is 3.70. The number of amides is 2. The molecule has 1 heterocycles. The van der Waals surface area contributed by atoms with Gasteiger partial charge in [0.05, 0.1) is 5.41 Å². The lowest BCUT2D eigenvalue weighted by Crippen LogP contribution is -2.40. The summed E-state index contributed by atoms with van der Waals surface area (Å²) in [6.07, 6.45) is -0.0359. The van der Waals surface area contributed by atoms with Crippen LogP contribution in [0.5, 0.6) is 0 Å². The van der Waals surface area contributed by atoms with Crippen molar-refractivity contribution in [3.8, 4) is 11.1 Å². The van der Waals surface area contributed by atoms with Crippen LogP contribution < -0.4 is 5.32 Å². The molecule has 32 heavy (non-hydrogen) atoms. The molecule has 0 bridgehead atoms. The summed E-state index contributed by atoms with van der Waals surface area (Å²) in [5.74, 6) is -1.08. The van der Waals surface area contributed by atoms with Crippen molar-refractivity contribution in [3.05, 3.63) is 59.7 Å². The number of carboxylic acids is 1. The molecule has 7 heteroatoms. The van der Waals surface area contributed by atoms with E-state index in [1.807, 2.05) is 24.3 Å². The van der Waals surface area contributed by atoms with Gasteiger partial charge in [-0.1, -0.05) is 48.5 Å². The largest absolute Gasteiger partial charge is 0.481 e. The van der Waals surface area contributed by atoms with Gasteiger partial charge in [0.15, 0.2) is 0 Å². The number of carbonyl (C=O) groups is 3. The molecular weight excluding hydrogens is 408 g/mol. The van der Waals surface area contributed by atoms with E-state index in [2.05, 4.69) is 29.6 Å². The van der Waals surface area contributed by atoms with Crippen molar-refractivity contribution in [2.45, 2.75) is 38.6 Å². The normalized spacial score (nSPS) is 20.4. The molecule has 1 aliphatic carbocycles. The van der Waals surface area contributed by atoms with E-state index in [0.29, 0.717) is 13.0 Å². The Morgan fingerprint density at radius 2 is 1.72 bits per heavy atom. The van der Waals surface area contributed by atoms with Gasteiger partial charge in [-0.25, -0.2) is 4.79 Å². The third kappa shape index (κ3) is 4.20. The number of hydrogen-bond donors (Lipinski definition) is 2. The number of aliphatic carboxylic acids is 1. The predicted octanol–water partition coefficient (Wildman–Crippen LogP) is 3.63. The third-order valence-electron chi connectivity index (χ3n) is 6.53. The molecular formula is C25H28N2O5. The average molecular weight is 437 g/mol. The van der Waals surface area contributed by atoms with E-state index in [9.17, 15) is 19.5 Å². The van der Waals surface area contributed by atoms with Crippen LogP contribution in [0.2, 0.25) is 0 Å². The summed E-state index contributed by atoms with van der Waals surface area (Å²) in [6, 6.07) is 15.8. The molecule has 2 aliphatic rings. The minimum atomic E-state index is -0.904. The first kappa shape index (κ1) is 21.9. The average Bonchev–Trinajstić information content (AvgIpc) is 3.32. The topological polar surface area (TPSA) is 95.9 Å². The SMILES string of the molecule is C[C@H](CC(=O)N1CCC(C)(C(=O)O)C1)NC(=O)OCC1c2ccccc2-c2ccccc21. The van der Waals surface area contributed by atoms with Crippen molar-refractivity contribution in [3.63, 3.8) is 0 Å². The Kier molecular flexibility index (Phi) is 5.91. The molecule has 0 radical (unpaired) electrons. The summed E-state index contributed by atoms with van der Waals surface area (Å²) in [5, 5.41) is 12.1. The molecule has 2 N–H and O–H groups in total. The van der Waals surface area contributed by atoms with E-state index in [1.165, 1.54) is 0 Å². The standard InChI is InChI=1S/C25H28N2O5/c1-16(13-22(28)27-12-11-25(2,15-27)23(29)30)26-24(31)32-14-21-19-9-5-3-7-17(19)18-8-4-6-10-20(18)21/h3-10,16,21H,11-15H2,1-2H3,(H,26,31)(H,29,30)/t16-,25?/m1/s1. The van der Waals surface area contributed by atoms with Crippen molar-refractivity contribution in [1.29, 1.82) is 0 Å². The molecule has 0 spiro atoms. The highest BCUT2D eigenvalue weighted by Gasteiger charge is 2.42. The van der Waals surface area contributed by atoms with E-state index in [1.54, 1.807) is 18.7 Å². The van der Waals surface area contributed by atoms with E-state index in [4.69, 9.17) is 4.74 Å². The van der Waals surface area contributed by atoms with Crippen molar-refractivity contribution >= 4 is 18.0 Å². The van der Waals surface area contributed by atoms with Gasteiger partial charge in [-0.3, -0.25) is 9.59 Å². The molecule has 0 saturated carbocycles. The Balaban J connectivity index is 1.30. The number of fused-ring (bicyclic) bond motifs is 3. The monoisotopic (exact) mass is 436 g/mol. The molecule has 0 aromatic heterocycles. The van der Waals surface area contributed by atoms with Crippen LogP contribution in [-0.4, -0.2) is 53.7 Å². The molecule has 1 unspecified atom stereocenters. The second-order valence-corrected chi connectivity index (χ2v) is 9.01. The van der Waals surface area contributed by atoms with E-state index >= 15 is 0 Å². The van der Waals surface area contributed by atoms with Crippen LogP contribution in [0.3, 0.4) is 0 Å². The van der Waals surface area contributed by atoms with Crippen molar-refractivity contribution in [2.75, 3.05) is 19.7 Å². The van der Waals surface area contributed by atoms with Gasteiger partial charge < -0.3 is 20.1 Å². The highest BCUT2D eigenvalue weighted by Crippen LogP contribution is 2.44. The first-order valence-corrected chi connectivity index (χ1v) is 10.9. The molecule has 2 aromatic rings. The maximum Gasteiger partial charge on any atom is 0.407 e. The lowest BCUT2D eigenvalue weighted by molar-refractivity contribution is -0.147. The predicted molar refractivity (Wildman–Crippen MR) is 119 cm³/mol. The quantitative estimate of drug-likeness (QED) is 0.721. The highest BCUT2D eigenvalue weighted by molar-refractivity contribution is 5.81. The minimum Gasteiger partial charge on any atom is -0.481 e. The highest BCUT2D eigenvalue weighted by atomic mass is 16.5. The van der Waals surface area contributed by atoms with Gasteiger partial charge in [-0.05, 0) is 42.5 Å². The Hall–Kier alpha value is -3.35. The Labute approximate surface area is 187 Å². The smallest absolute Gasteiger partial charge is 0.407 e. The number of hydrogen-bond acceptors (Lipinski definition) is 4. The molecule has 1 saturated heterocycles. The van der Waals surface area contributed by atoms with E-state index in [-0.39, 0.29) is 31.4 Å². The summed E-state index contributed by atoms with van der Waals surface area (Å²) < 4.78 is 5.53. The van der Waals surface area contributed by atoms with Gasteiger partial charge in [0.25, 0.3) is 0 Å². The van der Waals surface area contributed by atoms with Gasteiger partial charge in [0, 0.05) is 31.5 Å². The fourth-order valence-corrected chi connectivity index (χ4v) is 4.63. The number of nitrogens with zero attached hydrogens (tertiary/aromatic N) is 1. The molecule has 2 atom stereocenters. The van der Waals surface area contributed by atoms with Gasteiger partial charge in [-0.2, -0.15) is 0 Å². The lowest BCUT2D eigenvalue weighted by atomic mass is 9.90. The molecule has 7 nitrogen and oxygen atoms in total. The van der Waals surface area contributed by atoms with Crippen LogP contribution in [0.4, 0.5) is 4.79 Å². The van der Waals surface area contributed by atoms with Crippen LogP contribution >= 0.6 is 0 Å². The Morgan fingerprint density at radius 1 is 1.12 bits per heavy atom. The summed E-state index contributed by atoms with van der Waals surface area (Å²) in [6.45, 7) is 4.22. The second-order valence-electron chi connectivity index (χ2n) is 9.01. The molecule has 1 fully saturated rings. The summed E-state index contributed by atoms with van der Waals surface area (Å²) >= 11 is 0. The fourth-order valence-electron chi connectivity index (χ4n) is 4.63. The van der Waals surface area contributed by atoms with Crippen LogP contribution in [0.25, 0.3) is 11.1 Å². The number of ether oxygens (including phenoxy) is 1. The van der Waals surface area contributed by atoms with E-state index < -0.39 is 23.5 Å². The first-order valence-electron chi connectivity index (χ1n) is 10.9. The first-order chi connectivity index (χ1) is 15.3. The molecule has 2 amide bonds. The fraction of sp³-hybridized carbons (Fsp3) is 0.400. The Bertz CT molecular complexity index is 1010. The lowest BCUT2D eigenvalue weighted by Gasteiger charge is -2.22. The number of carboxylic acid groups (broad SMARTS) is 1. The van der Waals surface area contributed by atoms with Gasteiger partial charge in [0.2, 0.25) is 5.91 Å². The molecule has 168 valence electrons. The van der Waals surface area contributed by atoms with Crippen LogP contribution in [0.1, 0.15) is 43.7 Å². The zero-order valence-electron chi connectivity index (χ0n) is 18.3.